The molecule has 0 atom stereocenters. The number of aryl methyl sites for hydroxylation is 1. The number of carboxylic acid groups (broad SMARTS) is 1. The number of hydrogen-bond acceptors (Lipinski definition) is 2. The van der Waals surface area contributed by atoms with Gasteiger partial charge in [0.25, 0.3) is 0 Å². The normalized spacial score (nSPS) is 11.7. The Morgan fingerprint density at radius 3 is 2.38 bits per heavy atom. The van der Waals surface area contributed by atoms with Gasteiger partial charge in [-0.3, -0.25) is 0 Å². The third-order valence-electron chi connectivity index (χ3n) is 2.98. The average Bonchev–Trinajstić information content (AvgIpc) is 2.64. The number of carbonyl (C=O) groups is 1. The summed E-state index contributed by atoms with van der Waals surface area (Å²) in [6.07, 6.45) is -4.68. The molecule has 0 saturated heterocycles. The van der Waals surface area contributed by atoms with Crippen LogP contribution in [0, 0.1) is 13.8 Å². The predicted molar refractivity (Wildman–Crippen MR) is 72.7 cm³/mol. The van der Waals surface area contributed by atoms with Crippen molar-refractivity contribution in [3.8, 4) is 5.69 Å². The molecule has 0 aliphatic heterocycles. The predicted octanol–water partition coefficient (Wildman–Crippen LogP) is 3.97. The van der Waals surface area contributed by atoms with Crippen LogP contribution in [0.25, 0.3) is 5.69 Å². The smallest absolute Gasteiger partial charge is 0.418 e. The molecule has 0 fully saturated rings. The van der Waals surface area contributed by atoms with Crippen molar-refractivity contribution in [2.24, 2.45) is 0 Å². The van der Waals surface area contributed by atoms with Crippen LogP contribution in [0.4, 0.5) is 13.2 Å². The van der Waals surface area contributed by atoms with Gasteiger partial charge in [0.05, 0.1) is 32.7 Å². The molecule has 8 heteroatoms. The molecule has 0 saturated carbocycles. The number of aromatic carboxylic acids is 1. The quantitative estimate of drug-likeness (QED) is 0.879. The van der Waals surface area contributed by atoms with Crippen LogP contribution < -0.4 is 0 Å². The van der Waals surface area contributed by atoms with Gasteiger partial charge in [-0.05, 0) is 48.0 Å². The summed E-state index contributed by atoms with van der Waals surface area (Å²) in [6, 6.07) is 2.84. The lowest BCUT2D eigenvalue weighted by Crippen LogP contribution is -2.14. The number of rotatable bonds is 2. The van der Waals surface area contributed by atoms with Crippen molar-refractivity contribution in [1.29, 1.82) is 0 Å². The third-order valence-corrected chi connectivity index (χ3v) is 4.13. The largest absolute Gasteiger partial charge is 0.478 e. The van der Waals surface area contributed by atoms with E-state index in [0.29, 0.717) is 21.9 Å². The second-order valence-corrected chi connectivity index (χ2v) is 5.22. The minimum absolute atomic E-state index is 0.209. The highest BCUT2D eigenvalue weighted by Gasteiger charge is 2.35. The molecule has 1 aromatic carbocycles. The summed E-state index contributed by atoms with van der Waals surface area (Å²) >= 11 is 3.25. The number of nitrogens with zero attached hydrogens (tertiary/aromatic N) is 2. The van der Waals surface area contributed by atoms with Crippen molar-refractivity contribution < 1.29 is 23.1 Å². The van der Waals surface area contributed by atoms with Gasteiger partial charge in [-0.15, -0.1) is 0 Å². The lowest BCUT2D eigenvalue weighted by Gasteiger charge is -2.14. The Morgan fingerprint density at radius 2 is 1.95 bits per heavy atom. The maximum Gasteiger partial charge on any atom is 0.418 e. The van der Waals surface area contributed by atoms with Gasteiger partial charge in [0.1, 0.15) is 0 Å². The molecule has 4 nitrogen and oxygen atoms in total. The van der Waals surface area contributed by atoms with Crippen molar-refractivity contribution in [3.63, 3.8) is 0 Å². The zero-order chi connectivity index (χ0) is 15.9. The van der Waals surface area contributed by atoms with E-state index in [1.54, 1.807) is 13.8 Å². The van der Waals surface area contributed by atoms with Gasteiger partial charge in [0.2, 0.25) is 0 Å². The fraction of sp³-hybridized carbons (Fsp3) is 0.231. The molecular weight excluding hydrogens is 353 g/mol. The van der Waals surface area contributed by atoms with E-state index in [0.717, 1.165) is 16.8 Å². The topological polar surface area (TPSA) is 55.1 Å². The van der Waals surface area contributed by atoms with Gasteiger partial charge in [-0.2, -0.15) is 18.3 Å². The van der Waals surface area contributed by atoms with E-state index >= 15 is 0 Å². The second-order valence-electron chi connectivity index (χ2n) is 4.43. The molecular formula is C13H10BrF3N2O2. The number of alkyl halides is 3. The lowest BCUT2D eigenvalue weighted by molar-refractivity contribution is -0.137. The summed E-state index contributed by atoms with van der Waals surface area (Å²) in [5.74, 6) is -1.42. The summed E-state index contributed by atoms with van der Waals surface area (Å²) in [6.45, 7) is 3.28. The minimum atomic E-state index is -4.68. The van der Waals surface area contributed by atoms with Crippen molar-refractivity contribution in [2.45, 2.75) is 20.0 Å². The molecule has 0 aliphatic rings. The summed E-state index contributed by atoms with van der Waals surface area (Å²) in [5.41, 5.74) is -0.630. The molecule has 0 aliphatic carbocycles. The Labute approximate surface area is 126 Å². The summed E-state index contributed by atoms with van der Waals surface area (Å²) in [5, 5.41) is 12.9. The lowest BCUT2D eigenvalue weighted by atomic mass is 10.1. The van der Waals surface area contributed by atoms with E-state index in [1.807, 2.05) is 0 Å². The number of benzene rings is 1. The molecule has 21 heavy (non-hydrogen) atoms. The number of carboxylic acids is 1. The van der Waals surface area contributed by atoms with Crippen LogP contribution in [-0.4, -0.2) is 20.9 Å². The Morgan fingerprint density at radius 1 is 1.33 bits per heavy atom. The maximum atomic E-state index is 13.2. The number of halogens is 4. The molecule has 1 aromatic heterocycles. The van der Waals surface area contributed by atoms with Gasteiger partial charge < -0.3 is 5.11 Å². The molecule has 112 valence electrons. The molecule has 0 amide bonds. The monoisotopic (exact) mass is 362 g/mol. The second kappa shape index (κ2) is 5.18. The Balaban J connectivity index is 2.74. The molecule has 0 bridgehead atoms. The first-order chi connectivity index (χ1) is 9.62. The zero-order valence-electron chi connectivity index (χ0n) is 11.0. The first-order valence-electron chi connectivity index (χ1n) is 5.79. The minimum Gasteiger partial charge on any atom is -0.478 e. The van der Waals surface area contributed by atoms with Gasteiger partial charge in [-0.25, -0.2) is 9.48 Å². The van der Waals surface area contributed by atoms with Gasteiger partial charge in [0.15, 0.2) is 0 Å². The SMILES string of the molecule is Cc1nn(-c2ccc(C(=O)O)cc2C(F)(F)F)c(C)c1Br. The molecule has 0 spiro atoms. The average molecular weight is 363 g/mol. The molecule has 1 N–H and O–H groups in total. The summed E-state index contributed by atoms with van der Waals surface area (Å²) < 4.78 is 41.3. The molecule has 0 unspecified atom stereocenters. The van der Waals surface area contributed by atoms with Gasteiger partial charge in [-0.1, -0.05) is 0 Å². The van der Waals surface area contributed by atoms with Crippen LogP contribution in [-0.2, 0) is 6.18 Å². The van der Waals surface area contributed by atoms with Crippen molar-refractivity contribution >= 4 is 21.9 Å². The molecule has 2 rings (SSSR count). The Kier molecular flexibility index (Phi) is 3.83. The van der Waals surface area contributed by atoms with E-state index in [2.05, 4.69) is 21.0 Å². The van der Waals surface area contributed by atoms with E-state index in [4.69, 9.17) is 5.11 Å². The maximum absolute atomic E-state index is 13.2. The zero-order valence-corrected chi connectivity index (χ0v) is 12.6. The number of aromatic nitrogens is 2. The number of hydrogen-bond donors (Lipinski definition) is 1. The highest BCUT2D eigenvalue weighted by molar-refractivity contribution is 9.10. The Bertz CT molecular complexity index is 723. The molecule has 0 radical (unpaired) electrons. The van der Waals surface area contributed by atoms with Crippen LogP contribution in [0.2, 0.25) is 0 Å². The summed E-state index contributed by atoms with van der Waals surface area (Å²) in [4.78, 5) is 10.9. The van der Waals surface area contributed by atoms with Crippen LogP contribution >= 0.6 is 15.9 Å². The van der Waals surface area contributed by atoms with E-state index in [-0.39, 0.29) is 5.69 Å². The van der Waals surface area contributed by atoms with Crippen LogP contribution in [0.3, 0.4) is 0 Å². The summed E-state index contributed by atoms with van der Waals surface area (Å²) in [7, 11) is 0. The molecule has 1 heterocycles. The van der Waals surface area contributed by atoms with Gasteiger partial charge in [0, 0.05) is 0 Å². The van der Waals surface area contributed by atoms with Crippen LogP contribution in [0.15, 0.2) is 22.7 Å². The van der Waals surface area contributed by atoms with Crippen molar-refractivity contribution in [3.05, 3.63) is 45.2 Å². The highest BCUT2D eigenvalue weighted by atomic mass is 79.9. The standard InChI is InChI=1S/C13H10BrF3N2O2/c1-6-11(14)7(2)19(18-6)10-4-3-8(12(20)21)5-9(10)13(15,16)17/h3-5H,1-2H3,(H,20,21). The van der Waals surface area contributed by atoms with E-state index in [9.17, 15) is 18.0 Å². The highest BCUT2D eigenvalue weighted by Crippen LogP contribution is 2.36. The van der Waals surface area contributed by atoms with E-state index in [1.165, 1.54) is 0 Å². The van der Waals surface area contributed by atoms with E-state index < -0.39 is 23.3 Å². The van der Waals surface area contributed by atoms with Gasteiger partial charge >= 0.3 is 12.1 Å². The fourth-order valence-electron chi connectivity index (χ4n) is 1.94. The molecule has 2 aromatic rings. The Hall–Kier alpha value is -1.83. The first-order valence-corrected chi connectivity index (χ1v) is 6.59. The fourth-order valence-corrected chi connectivity index (χ4v) is 2.19. The van der Waals surface area contributed by atoms with Crippen molar-refractivity contribution in [2.75, 3.05) is 0 Å². The van der Waals surface area contributed by atoms with Crippen molar-refractivity contribution in [1.82, 2.24) is 9.78 Å². The third kappa shape index (κ3) is 2.80. The first kappa shape index (κ1) is 15.6. The van der Waals surface area contributed by atoms with Crippen LogP contribution in [0.5, 0.6) is 0 Å². The van der Waals surface area contributed by atoms with Crippen LogP contribution in [0.1, 0.15) is 27.3 Å².